The summed E-state index contributed by atoms with van der Waals surface area (Å²) >= 11 is 0. The summed E-state index contributed by atoms with van der Waals surface area (Å²) in [5.41, 5.74) is 0. The van der Waals surface area contributed by atoms with E-state index in [0.717, 1.165) is 31.2 Å². The van der Waals surface area contributed by atoms with E-state index in [2.05, 4.69) is 19.2 Å². The van der Waals surface area contributed by atoms with Crippen LogP contribution in [0, 0.1) is 11.8 Å². The smallest absolute Gasteiger partial charge is 0.220 e. The summed E-state index contributed by atoms with van der Waals surface area (Å²) in [7, 11) is 0. The van der Waals surface area contributed by atoms with Crippen molar-refractivity contribution in [1.29, 1.82) is 0 Å². The fourth-order valence-corrected chi connectivity index (χ4v) is 2.35. The first-order chi connectivity index (χ1) is 6.76. The van der Waals surface area contributed by atoms with E-state index in [0.29, 0.717) is 0 Å². The molecule has 0 aromatic carbocycles. The molecule has 2 unspecified atom stereocenters. The second-order valence-corrected chi connectivity index (χ2v) is 4.51. The van der Waals surface area contributed by atoms with Gasteiger partial charge in [0.1, 0.15) is 0 Å². The molecule has 2 atom stereocenters. The van der Waals surface area contributed by atoms with E-state index in [1.807, 2.05) is 0 Å². The maximum absolute atomic E-state index is 11.0. The Morgan fingerprint density at radius 1 is 1.50 bits per heavy atom. The highest BCUT2D eigenvalue weighted by Crippen LogP contribution is 2.24. The lowest BCUT2D eigenvalue weighted by atomic mass is 9.85. The maximum Gasteiger partial charge on any atom is 0.220 e. The first-order valence-corrected chi connectivity index (χ1v) is 6.02. The van der Waals surface area contributed by atoms with Crippen LogP contribution < -0.4 is 5.32 Å². The molecule has 82 valence electrons. The lowest BCUT2D eigenvalue weighted by Crippen LogP contribution is -2.35. The van der Waals surface area contributed by atoms with Crippen LogP contribution in [0.2, 0.25) is 0 Å². The number of carbonyl (C=O) groups excluding carboxylic acids is 1. The largest absolute Gasteiger partial charge is 0.356 e. The van der Waals surface area contributed by atoms with Crippen LogP contribution in [0.15, 0.2) is 0 Å². The zero-order valence-corrected chi connectivity index (χ0v) is 9.51. The highest BCUT2D eigenvalue weighted by Gasteiger charge is 2.20. The number of hydrogen-bond acceptors (Lipinski definition) is 1. The second-order valence-electron chi connectivity index (χ2n) is 4.51. The number of rotatable bonds is 5. The van der Waals surface area contributed by atoms with Crippen LogP contribution >= 0.6 is 0 Å². The van der Waals surface area contributed by atoms with Crippen LogP contribution in [0.4, 0.5) is 0 Å². The van der Waals surface area contributed by atoms with Gasteiger partial charge in [0, 0.05) is 13.0 Å². The Balaban J connectivity index is 2.24. The van der Waals surface area contributed by atoms with Gasteiger partial charge in [-0.2, -0.15) is 0 Å². The third-order valence-electron chi connectivity index (χ3n) is 3.31. The first-order valence-electron chi connectivity index (χ1n) is 6.02. The molecule has 1 rings (SSSR count). The van der Waals surface area contributed by atoms with Gasteiger partial charge in [0.15, 0.2) is 0 Å². The maximum atomic E-state index is 11.0. The lowest BCUT2D eigenvalue weighted by Gasteiger charge is -2.26. The summed E-state index contributed by atoms with van der Waals surface area (Å²) in [4.78, 5) is 11.0. The summed E-state index contributed by atoms with van der Waals surface area (Å²) < 4.78 is 0. The summed E-state index contributed by atoms with van der Waals surface area (Å²) in [5.74, 6) is 1.86. The Hall–Kier alpha value is -0.530. The fourth-order valence-electron chi connectivity index (χ4n) is 2.35. The van der Waals surface area contributed by atoms with E-state index in [-0.39, 0.29) is 5.91 Å². The third kappa shape index (κ3) is 3.69. The Morgan fingerprint density at radius 2 is 2.29 bits per heavy atom. The van der Waals surface area contributed by atoms with Gasteiger partial charge in [0.05, 0.1) is 0 Å². The van der Waals surface area contributed by atoms with Gasteiger partial charge in [0.25, 0.3) is 0 Å². The van der Waals surface area contributed by atoms with Crippen molar-refractivity contribution >= 4 is 5.91 Å². The standard InChI is InChI=1S/C12H23NO/c1-3-5-10(4-2)8-11-6-7-12(14)13-9-11/h10-11H,3-9H2,1-2H3,(H,13,14). The first kappa shape index (κ1) is 11.5. The van der Waals surface area contributed by atoms with E-state index in [1.54, 1.807) is 0 Å². The SMILES string of the molecule is CCCC(CC)CC1CCC(=O)NC1. The molecule has 1 aliphatic rings. The highest BCUT2D eigenvalue weighted by molar-refractivity contribution is 5.76. The van der Waals surface area contributed by atoms with E-state index in [4.69, 9.17) is 0 Å². The molecule has 2 nitrogen and oxygen atoms in total. The zero-order valence-electron chi connectivity index (χ0n) is 9.51. The van der Waals surface area contributed by atoms with Crippen molar-refractivity contribution in [1.82, 2.24) is 5.32 Å². The van der Waals surface area contributed by atoms with Crippen LogP contribution in [-0.2, 0) is 4.79 Å². The molecule has 14 heavy (non-hydrogen) atoms. The molecule has 0 radical (unpaired) electrons. The zero-order chi connectivity index (χ0) is 10.4. The molecule has 0 spiro atoms. The van der Waals surface area contributed by atoms with E-state index >= 15 is 0 Å². The summed E-state index contributed by atoms with van der Waals surface area (Å²) in [5, 5.41) is 2.96. The van der Waals surface area contributed by atoms with Crippen molar-refractivity contribution in [2.24, 2.45) is 11.8 Å². The molecule has 1 heterocycles. The van der Waals surface area contributed by atoms with Gasteiger partial charge in [-0.3, -0.25) is 4.79 Å². The predicted molar refractivity (Wildman–Crippen MR) is 59.0 cm³/mol. The highest BCUT2D eigenvalue weighted by atomic mass is 16.1. The molecule has 1 amide bonds. The minimum Gasteiger partial charge on any atom is -0.356 e. The number of hydrogen-bond donors (Lipinski definition) is 1. The van der Waals surface area contributed by atoms with Gasteiger partial charge in [-0.25, -0.2) is 0 Å². The predicted octanol–water partition coefficient (Wildman–Crippen LogP) is 2.73. The van der Waals surface area contributed by atoms with Crippen molar-refractivity contribution in [2.45, 2.75) is 52.4 Å². The van der Waals surface area contributed by atoms with Crippen molar-refractivity contribution in [2.75, 3.05) is 6.54 Å². The fraction of sp³-hybridized carbons (Fsp3) is 0.917. The van der Waals surface area contributed by atoms with Gasteiger partial charge in [-0.15, -0.1) is 0 Å². The average molecular weight is 197 g/mol. The van der Waals surface area contributed by atoms with Gasteiger partial charge >= 0.3 is 0 Å². The number of carbonyl (C=O) groups is 1. The van der Waals surface area contributed by atoms with Gasteiger partial charge in [0.2, 0.25) is 5.91 Å². The molecular weight excluding hydrogens is 174 g/mol. The summed E-state index contributed by atoms with van der Waals surface area (Å²) in [6, 6.07) is 0. The molecule has 0 aromatic rings. The Labute approximate surface area is 87.5 Å². The van der Waals surface area contributed by atoms with Crippen molar-refractivity contribution in [3.05, 3.63) is 0 Å². The van der Waals surface area contributed by atoms with Crippen molar-refractivity contribution in [3.63, 3.8) is 0 Å². The lowest BCUT2D eigenvalue weighted by molar-refractivity contribution is -0.123. The number of amides is 1. The molecular formula is C12H23NO. The van der Waals surface area contributed by atoms with Crippen molar-refractivity contribution in [3.8, 4) is 0 Å². The second kappa shape index (κ2) is 6.05. The molecule has 0 bridgehead atoms. The molecule has 1 N–H and O–H groups in total. The monoisotopic (exact) mass is 197 g/mol. The molecule has 0 aliphatic carbocycles. The van der Waals surface area contributed by atoms with Crippen LogP contribution in [-0.4, -0.2) is 12.5 Å². The van der Waals surface area contributed by atoms with E-state index < -0.39 is 0 Å². The van der Waals surface area contributed by atoms with Gasteiger partial charge in [-0.05, 0) is 24.7 Å². The van der Waals surface area contributed by atoms with Crippen LogP contribution in [0.5, 0.6) is 0 Å². The molecule has 0 aromatic heterocycles. The summed E-state index contributed by atoms with van der Waals surface area (Å²) in [6.45, 7) is 5.45. The molecule has 0 saturated carbocycles. The Kier molecular flexibility index (Phi) is 4.99. The normalized spacial score (nSPS) is 24.4. The van der Waals surface area contributed by atoms with Gasteiger partial charge in [-0.1, -0.05) is 33.1 Å². The van der Waals surface area contributed by atoms with Crippen LogP contribution in [0.3, 0.4) is 0 Å². The Morgan fingerprint density at radius 3 is 2.79 bits per heavy atom. The quantitative estimate of drug-likeness (QED) is 0.721. The minimum absolute atomic E-state index is 0.241. The van der Waals surface area contributed by atoms with Crippen molar-refractivity contribution < 1.29 is 4.79 Å². The van der Waals surface area contributed by atoms with Gasteiger partial charge < -0.3 is 5.32 Å². The molecule has 1 fully saturated rings. The number of nitrogens with one attached hydrogen (secondary N) is 1. The Bertz CT molecular complexity index is 169. The minimum atomic E-state index is 0.241. The molecule has 1 aliphatic heterocycles. The molecule has 1 saturated heterocycles. The number of piperidine rings is 1. The van der Waals surface area contributed by atoms with E-state index in [1.165, 1.54) is 25.7 Å². The summed E-state index contributed by atoms with van der Waals surface area (Å²) in [6.07, 6.45) is 7.08. The van der Waals surface area contributed by atoms with Crippen LogP contribution in [0.1, 0.15) is 52.4 Å². The topological polar surface area (TPSA) is 29.1 Å². The third-order valence-corrected chi connectivity index (χ3v) is 3.31. The average Bonchev–Trinajstić information content (AvgIpc) is 2.20. The molecule has 2 heteroatoms. The van der Waals surface area contributed by atoms with Crippen LogP contribution in [0.25, 0.3) is 0 Å². The van der Waals surface area contributed by atoms with E-state index in [9.17, 15) is 4.79 Å².